The summed E-state index contributed by atoms with van der Waals surface area (Å²) >= 11 is 1.62. The van der Waals surface area contributed by atoms with Gasteiger partial charge in [0.1, 0.15) is 5.82 Å². The summed E-state index contributed by atoms with van der Waals surface area (Å²) in [7, 11) is 0. The smallest absolute Gasteiger partial charge is 0.323 e. The van der Waals surface area contributed by atoms with E-state index in [0.29, 0.717) is 23.4 Å². The van der Waals surface area contributed by atoms with Crippen LogP contribution in [-0.2, 0) is 0 Å². The number of aromatic nitrogens is 4. The van der Waals surface area contributed by atoms with Crippen LogP contribution in [0.5, 0.6) is 0 Å². The lowest BCUT2D eigenvalue weighted by Crippen LogP contribution is -2.19. The number of carbonyl (C=O) groups is 1. The van der Waals surface area contributed by atoms with E-state index in [9.17, 15) is 4.79 Å². The second kappa shape index (κ2) is 9.84. The minimum atomic E-state index is -0.302. The number of urea groups is 1. The number of nitrogens with one attached hydrogen (secondary N) is 5. The van der Waals surface area contributed by atoms with Crippen LogP contribution in [-0.4, -0.2) is 32.5 Å². The molecular formula is C24H24N8OS. The van der Waals surface area contributed by atoms with Crippen LogP contribution < -0.4 is 21.3 Å². The Hall–Kier alpha value is -4.05. The van der Waals surface area contributed by atoms with E-state index in [1.165, 1.54) is 12.8 Å². The lowest BCUT2D eigenvalue weighted by molar-refractivity contribution is 0.262. The van der Waals surface area contributed by atoms with Gasteiger partial charge >= 0.3 is 6.03 Å². The largest absolute Gasteiger partial charge is 0.324 e. The minimum Gasteiger partial charge on any atom is -0.324 e. The van der Waals surface area contributed by atoms with E-state index in [1.807, 2.05) is 60.9 Å². The van der Waals surface area contributed by atoms with Crippen LogP contribution in [0, 0.1) is 0 Å². The molecule has 2 amide bonds. The minimum absolute atomic E-state index is 0.302. The summed E-state index contributed by atoms with van der Waals surface area (Å²) in [5, 5.41) is 19.4. The van der Waals surface area contributed by atoms with Gasteiger partial charge in [0.05, 0.1) is 0 Å². The topological polar surface area (TPSA) is 120 Å². The summed E-state index contributed by atoms with van der Waals surface area (Å²) in [4.78, 5) is 22.2. The van der Waals surface area contributed by atoms with Crippen molar-refractivity contribution in [3.63, 3.8) is 0 Å². The van der Waals surface area contributed by atoms with Crippen molar-refractivity contribution in [3.8, 4) is 0 Å². The van der Waals surface area contributed by atoms with Crippen LogP contribution >= 0.6 is 11.8 Å². The van der Waals surface area contributed by atoms with Crippen molar-refractivity contribution in [2.75, 3.05) is 27.5 Å². The molecule has 0 spiro atoms. The first-order valence-electron chi connectivity index (χ1n) is 10.9. The Morgan fingerprint density at radius 2 is 1.74 bits per heavy atom. The Bertz CT molecular complexity index is 1290. The van der Waals surface area contributed by atoms with Crippen molar-refractivity contribution in [3.05, 3.63) is 72.6 Å². The molecule has 5 rings (SSSR count). The first-order valence-corrected chi connectivity index (χ1v) is 12.1. The third-order valence-corrected chi connectivity index (χ3v) is 5.98. The van der Waals surface area contributed by atoms with Crippen LogP contribution in [0.1, 0.15) is 24.5 Å². The Kier molecular flexibility index (Phi) is 6.30. The summed E-state index contributed by atoms with van der Waals surface area (Å²) < 4.78 is 0. The zero-order valence-electron chi connectivity index (χ0n) is 18.5. The highest BCUT2D eigenvalue weighted by molar-refractivity contribution is 7.98. The molecule has 172 valence electrons. The molecular weight excluding hydrogens is 448 g/mol. The van der Waals surface area contributed by atoms with Crippen molar-refractivity contribution in [1.82, 2.24) is 20.2 Å². The van der Waals surface area contributed by atoms with Gasteiger partial charge in [0.25, 0.3) is 0 Å². The number of aromatic amines is 1. The number of nitrogens with zero attached hydrogens (tertiary/aromatic N) is 3. The first-order chi connectivity index (χ1) is 16.6. The van der Waals surface area contributed by atoms with Gasteiger partial charge in [-0.05, 0) is 67.6 Å². The molecule has 1 aliphatic carbocycles. The molecule has 0 saturated heterocycles. The van der Waals surface area contributed by atoms with E-state index in [2.05, 4.69) is 41.4 Å². The van der Waals surface area contributed by atoms with E-state index in [4.69, 9.17) is 0 Å². The van der Waals surface area contributed by atoms with Crippen molar-refractivity contribution in [2.45, 2.75) is 23.7 Å². The molecule has 4 aromatic rings. The molecule has 34 heavy (non-hydrogen) atoms. The maximum atomic E-state index is 12.3. The number of anilines is 6. The number of H-pyrrole nitrogens is 1. The van der Waals surface area contributed by atoms with Crippen LogP contribution in [0.2, 0.25) is 0 Å². The fourth-order valence-corrected chi connectivity index (χ4v) is 3.84. The Morgan fingerprint density at radius 1 is 0.941 bits per heavy atom. The highest BCUT2D eigenvalue weighted by atomic mass is 32.2. The zero-order valence-corrected chi connectivity index (χ0v) is 19.3. The molecule has 9 nitrogen and oxygen atoms in total. The van der Waals surface area contributed by atoms with E-state index in [0.717, 1.165) is 27.8 Å². The van der Waals surface area contributed by atoms with Gasteiger partial charge in [0, 0.05) is 45.8 Å². The van der Waals surface area contributed by atoms with Crippen LogP contribution in [0.3, 0.4) is 0 Å². The summed E-state index contributed by atoms with van der Waals surface area (Å²) in [6.07, 6.45) is 6.11. The van der Waals surface area contributed by atoms with Gasteiger partial charge in [-0.2, -0.15) is 10.1 Å². The maximum absolute atomic E-state index is 12.3. The molecule has 0 atom stereocenters. The predicted molar refractivity (Wildman–Crippen MR) is 136 cm³/mol. The summed E-state index contributed by atoms with van der Waals surface area (Å²) in [5.74, 6) is 2.45. The standard InChI is InChI=1S/C24H24N8OS/c1-34-19-4-2-3-18(13-19)28-24(33)27-17-9-7-16(8-10-17)26-23-25-12-11-21(30-23)29-22-14-20(31-32-22)15-5-6-15/h2-4,7-15H,5-6H2,1H3,(H2,27,28,33)(H3,25,26,29,30,31,32). The summed E-state index contributed by atoms with van der Waals surface area (Å²) in [6, 6.07) is 18.5. The Balaban J connectivity index is 1.17. The number of benzene rings is 2. The quantitative estimate of drug-likeness (QED) is 0.202. The molecule has 2 aromatic carbocycles. The SMILES string of the molecule is CSc1cccc(NC(=O)Nc2ccc(Nc3nccc(Nc4cc(C5CC5)[nH]n4)n3)cc2)c1. The number of hydrogen-bond acceptors (Lipinski definition) is 7. The average molecular weight is 473 g/mol. The van der Waals surface area contributed by atoms with Crippen LogP contribution in [0.15, 0.2) is 71.8 Å². The number of amides is 2. The van der Waals surface area contributed by atoms with Gasteiger partial charge in [-0.1, -0.05) is 6.07 Å². The fourth-order valence-electron chi connectivity index (χ4n) is 3.38. The zero-order chi connectivity index (χ0) is 23.3. The lowest BCUT2D eigenvalue weighted by atomic mass is 10.3. The monoisotopic (exact) mass is 472 g/mol. The van der Waals surface area contributed by atoms with Gasteiger partial charge < -0.3 is 21.3 Å². The molecule has 1 saturated carbocycles. The third kappa shape index (κ3) is 5.65. The fraction of sp³-hybridized carbons (Fsp3) is 0.167. The highest BCUT2D eigenvalue weighted by Crippen LogP contribution is 2.39. The molecule has 10 heteroatoms. The van der Waals surface area contributed by atoms with Crippen LogP contribution in [0.25, 0.3) is 0 Å². The summed E-state index contributed by atoms with van der Waals surface area (Å²) in [6.45, 7) is 0. The van der Waals surface area contributed by atoms with E-state index in [-0.39, 0.29) is 6.03 Å². The van der Waals surface area contributed by atoms with E-state index >= 15 is 0 Å². The van der Waals surface area contributed by atoms with Crippen molar-refractivity contribution in [1.29, 1.82) is 0 Å². The van der Waals surface area contributed by atoms with Gasteiger partial charge in [0.15, 0.2) is 5.82 Å². The molecule has 1 fully saturated rings. The highest BCUT2D eigenvalue weighted by Gasteiger charge is 2.25. The van der Waals surface area contributed by atoms with E-state index in [1.54, 1.807) is 24.0 Å². The summed E-state index contributed by atoms with van der Waals surface area (Å²) in [5.41, 5.74) is 3.37. The number of rotatable bonds is 8. The second-order valence-corrected chi connectivity index (χ2v) is 8.77. The maximum Gasteiger partial charge on any atom is 0.323 e. The number of hydrogen-bond donors (Lipinski definition) is 5. The molecule has 0 aliphatic heterocycles. The molecule has 1 aliphatic rings. The molecule has 5 N–H and O–H groups in total. The van der Waals surface area contributed by atoms with E-state index < -0.39 is 0 Å². The van der Waals surface area contributed by atoms with Gasteiger partial charge in [0.2, 0.25) is 5.95 Å². The number of thioether (sulfide) groups is 1. The molecule has 0 unspecified atom stereocenters. The van der Waals surface area contributed by atoms with Gasteiger partial charge in [-0.15, -0.1) is 11.8 Å². The molecule has 0 radical (unpaired) electrons. The Labute approximate surface area is 201 Å². The third-order valence-electron chi connectivity index (χ3n) is 5.25. The van der Waals surface area contributed by atoms with Crippen molar-refractivity contribution >= 4 is 52.4 Å². The second-order valence-electron chi connectivity index (χ2n) is 7.89. The van der Waals surface area contributed by atoms with Gasteiger partial charge in [-0.3, -0.25) is 5.10 Å². The normalized spacial score (nSPS) is 12.7. The van der Waals surface area contributed by atoms with Gasteiger partial charge in [-0.25, -0.2) is 9.78 Å². The molecule has 0 bridgehead atoms. The average Bonchev–Trinajstić information content (AvgIpc) is 3.59. The van der Waals surface area contributed by atoms with Crippen LogP contribution in [0.4, 0.5) is 39.4 Å². The Morgan fingerprint density at radius 3 is 2.53 bits per heavy atom. The van der Waals surface area contributed by atoms with Crippen molar-refractivity contribution < 1.29 is 4.79 Å². The molecule has 2 aromatic heterocycles. The van der Waals surface area contributed by atoms with Crippen molar-refractivity contribution in [2.24, 2.45) is 0 Å². The number of carbonyl (C=O) groups excluding carboxylic acids is 1. The first kappa shape index (κ1) is 21.8. The molecule has 2 heterocycles. The lowest BCUT2D eigenvalue weighted by Gasteiger charge is -2.10. The predicted octanol–water partition coefficient (Wildman–Crippen LogP) is 5.93.